The highest BCUT2D eigenvalue weighted by Crippen LogP contribution is 2.40. The fraction of sp³-hybridized carbons (Fsp3) is 0.385. The van der Waals surface area contributed by atoms with Crippen LogP contribution < -0.4 is 10.1 Å². The van der Waals surface area contributed by atoms with E-state index in [1.54, 1.807) is 6.08 Å². The number of allylic oxidation sites excluding steroid dienone is 1. The van der Waals surface area contributed by atoms with E-state index in [4.69, 9.17) is 9.47 Å². The maximum Gasteiger partial charge on any atom is 0.341 e. The molecule has 2 heterocycles. The van der Waals surface area contributed by atoms with Crippen molar-refractivity contribution in [3.8, 4) is 5.75 Å². The highest BCUT2D eigenvalue weighted by Gasteiger charge is 2.29. The third-order valence-electron chi connectivity index (χ3n) is 5.98. The highest BCUT2D eigenvalue weighted by atomic mass is 32.2. The first-order valence-corrected chi connectivity index (χ1v) is 13.6. The minimum Gasteiger partial charge on any atom is -0.486 e. The fourth-order valence-corrected chi connectivity index (χ4v) is 6.26. The number of fused-ring (bicyclic) bond motifs is 1. The number of thiophene rings is 1. The van der Waals surface area contributed by atoms with E-state index in [-0.39, 0.29) is 18.3 Å². The molecular weight excluding hydrogens is 496 g/mol. The molecular formula is C26H30N4O4S2. The third kappa shape index (κ3) is 5.99. The Hall–Kier alpha value is -3.11. The lowest BCUT2D eigenvalue weighted by Crippen LogP contribution is -2.17. The number of nitrogens with one attached hydrogen (secondary N) is 1. The molecule has 0 bridgehead atoms. The molecule has 0 saturated carbocycles. The van der Waals surface area contributed by atoms with Gasteiger partial charge in [-0.25, -0.2) is 4.79 Å². The number of aryl methyl sites for hydroxylation is 1. The van der Waals surface area contributed by atoms with Gasteiger partial charge >= 0.3 is 5.97 Å². The fourth-order valence-electron chi connectivity index (χ4n) is 4.08. The quantitative estimate of drug-likeness (QED) is 0.224. The van der Waals surface area contributed by atoms with Gasteiger partial charge in [-0.2, -0.15) is 0 Å². The number of aromatic nitrogens is 3. The Labute approximate surface area is 219 Å². The molecule has 190 valence electrons. The summed E-state index contributed by atoms with van der Waals surface area (Å²) < 4.78 is 12.7. The first-order chi connectivity index (χ1) is 17.4. The van der Waals surface area contributed by atoms with Gasteiger partial charge in [0.15, 0.2) is 11.0 Å². The highest BCUT2D eigenvalue weighted by molar-refractivity contribution is 7.99. The summed E-state index contributed by atoms with van der Waals surface area (Å²) in [4.78, 5) is 26.5. The largest absolute Gasteiger partial charge is 0.486 e. The van der Waals surface area contributed by atoms with E-state index in [2.05, 4.69) is 29.0 Å². The lowest BCUT2D eigenvalue weighted by atomic mass is 9.88. The van der Waals surface area contributed by atoms with Crippen LogP contribution in [0.3, 0.4) is 0 Å². The molecule has 3 aromatic rings. The Balaban J connectivity index is 1.42. The van der Waals surface area contributed by atoms with Crippen molar-refractivity contribution in [1.29, 1.82) is 0 Å². The SMILES string of the molecule is C=CCn1c(COc2ccc(C)cc2)nnc1SCC(=O)Nc1sc2c(c1C(=O)OC)CCC(C)C2. The zero-order valence-electron chi connectivity index (χ0n) is 20.7. The van der Waals surface area contributed by atoms with Crippen molar-refractivity contribution in [2.45, 2.75) is 51.4 Å². The third-order valence-corrected chi connectivity index (χ3v) is 8.12. The molecule has 1 N–H and O–H groups in total. The zero-order chi connectivity index (χ0) is 25.7. The van der Waals surface area contributed by atoms with Gasteiger partial charge in [-0.3, -0.25) is 9.36 Å². The summed E-state index contributed by atoms with van der Waals surface area (Å²) in [5.74, 6) is 1.44. The molecule has 4 rings (SSSR count). The average molecular weight is 527 g/mol. The molecule has 1 aromatic carbocycles. The topological polar surface area (TPSA) is 95.3 Å². The van der Waals surface area contributed by atoms with Gasteiger partial charge in [0, 0.05) is 11.4 Å². The molecule has 1 aliphatic carbocycles. The number of rotatable bonds is 10. The van der Waals surface area contributed by atoms with Crippen molar-refractivity contribution in [3.05, 3.63) is 64.3 Å². The second kappa shape index (κ2) is 11.7. The van der Waals surface area contributed by atoms with Gasteiger partial charge in [-0.05, 0) is 49.8 Å². The monoisotopic (exact) mass is 526 g/mol. The van der Waals surface area contributed by atoms with Crippen LogP contribution in [0, 0.1) is 12.8 Å². The maximum absolute atomic E-state index is 12.9. The number of methoxy groups -OCH3 is 1. The van der Waals surface area contributed by atoms with Gasteiger partial charge in [-0.15, -0.1) is 28.1 Å². The van der Waals surface area contributed by atoms with E-state index in [0.717, 1.165) is 41.0 Å². The first-order valence-electron chi connectivity index (χ1n) is 11.8. The Morgan fingerprint density at radius 3 is 2.81 bits per heavy atom. The molecule has 1 unspecified atom stereocenters. The van der Waals surface area contributed by atoms with Crippen LogP contribution >= 0.6 is 23.1 Å². The number of carbonyl (C=O) groups is 2. The number of benzene rings is 1. The molecule has 0 saturated heterocycles. The van der Waals surface area contributed by atoms with Crippen LogP contribution in [0.1, 0.15) is 45.5 Å². The normalized spacial score (nSPS) is 14.7. The second-order valence-electron chi connectivity index (χ2n) is 8.78. The van der Waals surface area contributed by atoms with E-state index in [0.29, 0.717) is 34.0 Å². The number of amides is 1. The first kappa shape index (κ1) is 26.0. The minimum absolute atomic E-state index is 0.119. The number of nitrogens with zero attached hydrogens (tertiary/aromatic N) is 3. The predicted octanol–water partition coefficient (Wildman–Crippen LogP) is 5.06. The lowest BCUT2D eigenvalue weighted by Gasteiger charge is -2.18. The number of carbonyl (C=O) groups excluding carboxylic acids is 2. The Morgan fingerprint density at radius 2 is 2.08 bits per heavy atom. The summed E-state index contributed by atoms with van der Waals surface area (Å²) in [6, 6.07) is 7.80. The van der Waals surface area contributed by atoms with Crippen molar-refractivity contribution >= 4 is 40.0 Å². The summed E-state index contributed by atoms with van der Waals surface area (Å²) in [7, 11) is 1.37. The molecule has 10 heteroatoms. The van der Waals surface area contributed by atoms with E-state index >= 15 is 0 Å². The van der Waals surface area contributed by atoms with Crippen LogP contribution in [0.5, 0.6) is 5.75 Å². The number of anilines is 1. The van der Waals surface area contributed by atoms with Crippen molar-refractivity contribution in [2.24, 2.45) is 5.92 Å². The molecule has 1 aliphatic rings. The predicted molar refractivity (Wildman–Crippen MR) is 142 cm³/mol. The minimum atomic E-state index is -0.408. The van der Waals surface area contributed by atoms with Crippen molar-refractivity contribution in [3.63, 3.8) is 0 Å². The summed E-state index contributed by atoms with van der Waals surface area (Å²) in [5.41, 5.74) is 2.66. The van der Waals surface area contributed by atoms with E-state index in [1.165, 1.54) is 30.2 Å². The maximum atomic E-state index is 12.9. The van der Waals surface area contributed by atoms with Crippen molar-refractivity contribution < 1.29 is 19.1 Å². The van der Waals surface area contributed by atoms with E-state index in [1.807, 2.05) is 35.8 Å². The van der Waals surface area contributed by atoms with Crippen LogP contribution in [0.15, 0.2) is 42.1 Å². The van der Waals surface area contributed by atoms with E-state index < -0.39 is 5.97 Å². The van der Waals surface area contributed by atoms with Crippen LogP contribution in [-0.2, 0) is 35.5 Å². The van der Waals surface area contributed by atoms with Crippen molar-refractivity contribution in [2.75, 3.05) is 18.2 Å². The summed E-state index contributed by atoms with van der Waals surface area (Å²) in [6.07, 6.45) is 4.50. The standard InChI is InChI=1S/C26H30N4O4S2/c1-5-12-30-21(14-34-18-9-6-16(2)7-10-18)28-29-26(30)35-15-22(31)27-24-23(25(32)33-4)19-11-8-17(3)13-20(19)36-24/h5-7,9-10,17H,1,8,11-15H2,2-4H3,(H,27,31). The Morgan fingerprint density at radius 1 is 1.31 bits per heavy atom. The Kier molecular flexibility index (Phi) is 8.48. The number of hydrogen-bond donors (Lipinski definition) is 1. The van der Waals surface area contributed by atoms with Crippen molar-refractivity contribution in [1.82, 2.24) is 14.8 Å². The molecule has 0 radical (unpaired) electrons. The van der Waals surface area contributed by atoms with Crippen LogP contribution in [-0.4, -0.2) is 39.5 Å². The number of hydrogen-bond acceptors (Lipinski definition) is 8. The Bertz CT molecular complexity index is 1250. The van der Waals surface area contributed by atoms with Crippen LogP contribution in [0.25, 0.3) is 0 Å². The number of esters is 1. The zero-order valence-corrected chi connectivity index (χ0v) is 22.3. The van der Waals surface area contributed by atoms with Crippen LogP contribution in [0.4, 0.5) is 5.00 Å². The molecule has 0 spiro atoms. The van der Waals surface area contributed by atoms with Gasteiger partial charge in [0.1, 0.15) is 17.4 Å². The molecule has 2 aromatic heterocycles. The van der Waals surface area contributed by atoms with Gasteiger partial charge in [-0.1, -0.05) is 42.5 Å². The molecule has 1 amide bonds. The smallest absolute Gasteiger partial charge is 0.341 e. The molecule has 0 fully saturated rings. The van der Waals surface area contributed by atoms with Gasteiger partial charge in [0.05, 0.1) is 18.4 Å². The summed E-state index contributed by atoms with van der Waals surface area (Å²) in [6.45, 7) is 8.78. The molecule has 8 nitrogen and oxygen atoms in total. The summed E-state index contributed by atoms with van der Waals surface area (Å²) in [5, 5.41) is 12.6. The summed E-state index contributed by atoms with van der Waals surface area (Å²) >= 11 is 2.75. The molecule has 36 heavy (non-hydrogen) atoms. The average Bonchev–Trinajstić information content (AvgIpc) is 3.42. The number of thioether (sulfide) groups is 1. The van der Waals surface area contributed by atoms with Gasteiger partial charge in [0.25, 0.3) is 0 Å². The second-order valence-corrected chi connectivity index (χ2v) is 10.8. The van der Waals surface area contributed by atoms with E-state index in [9.17, 15) is 9.59 Å². The molecule has 0 aliphatic heterocycles. The van der Waals surface area contributed by atoms with Crippen LogP contribution in [0.2, 0.25) is 0 Å². The molecule has 1 atom stereocenters. The lowest BCUT2D eigenvalue weighted by molar-refractivity contribution is -0.113. The number of ether oxygens (including phenoxy) is 2. The van der Waals surface area contributed by atoms with Gasteiger partial charge in [0.2, 0.25) is 5.91 Å². The van der Waals surface area contributed by atoms with Gasteiger partial charge < -0.3 is 14.8 Å².